The van der Waals surface area contributed by atoms with Crippen LogP contribution in [0.4, 0.5) is 10.1 Å². The molecule has 0 aromatic heterocycles. The second-order valence-electron chi connectivity index (χ2n) is 4.50. The topological polar surface area (TPSA) is 55.1 Å². The number of halogens is 1. The highest BCUT2D eigenvalue weighted by molar-refractivity contribution is 5.95. The van der Waals surface area contributed by atoms with Crippen LogP contribution >= 0.6 is 0 Å². The molecule has 0 saturated heterocycles. The lowest BCUT2D eigenvalue weighted by atomic mass is 9.86. The number of hydrogen-bond acceptors (Lipinski definition) is 2. The van der Waals surface area contributed by atoms with E-state index in [1.165, 1.54) is 6.07 Å². The second kappa shape index (κ2) is 5.27. The first kappa shape index (κ1) is 13.6. The van der Waals surface area contributed by atoms with E-state index in [0.717, 1.165) is 0 Å². The number of anilines is 1. The number of para-hydroxylation sites is 1. The molecule has 17 heavy (non-hydrogen) atoms. The minimum absolute atomic E-state index is 0.239. The van der Waals surface area contributed by atoms with E-state index in [0.29, 0.717) is 12.0 Å². The van der Waals surface area contributed by atoms with E-state index in [4.69, 9.17) is 5.73 Å². The van der Waals surface area contributed by atoms with Gasteiger partial charge in [-0.2, -0.15) is 0 Å². The van der Waals surface area contributed by atoms with Crippen molar-refractivity contribution in [3.8, 4) is 0 Å². The molecule has 4 heteroatoms. The standard InChI is InChI=1S/C13H19FN2O/c1-4-13(3,8-15)12(17)16-11-9(2)6-5-7-10(11)14/h5-7H,4,8,15H2,1-3H3,(H,16,17). The van der Waals surface area contributed by atoms with Gasteiger partial charge in [0.05, 0.1) is 11.1 Å². The Kier molecular flexibility index (Phi) is 4.23. The summed E-state index contributed by atoms with van der Waals surface area (Å²) < 4.78 is 13.6. The molecule has 0 aliphatic carbocycles. The summed E-state index contributed by atoms with van der Waals surface area (Å²) >= 11 is 0. The van der Waals surface area contributed by atoms with Gasteiger partial charge in [-0.1, -0.05) is 19.1 Å². The molecule has 94 valence electrons. The number of aryl methyl sites for hydroxylation is 1. The van der Waals surface area contributed by atoms with Gasteiger partial charge in [-0.15, -0.1) is 0 Å². The van der Waals surface area contributed by atoms with Crippen LogP contribution in [0.3, 0.4) is 0 Å². The van der Waals surface area contributed by atoms with Crippen molar-refractivity contribution in [2.45, 2.75) is 27.2 Å². The van der Waals surface area contributed by atoms with Crippen LogP contribution in [0.5, 0.6) is 0 Å². The Morgan fingerprint density at radius 2 is 2.18 bits per heavy atom. The third kappa shape index (κ3) is 2.82. The van der Waals surface area contributed by atoms with Crippen molar-refractivity contribution in [3.63, 3.8) is 0 Å². The van der Waals surface area contributed by atoms with Crippen molar-refractivity contribution in [2.75, 3.05) is 11.9 Å². The molecule has 0 saturated carbocycles. The molecule has 1 rings (SSSR count). The lowest BCUT2D eigenvalue weighted by molar-refractivity contribution is -0.124. The summed E-state index contributed by atoms with van der Waals surface area (Å²) in [7, 11) is 0. The van der Waals surface area contributed by atoms with Gasteiger partial charge >= 0.3 is 0 Å². The molecule has 0 spiro atoms. The molecule has 0 aliphatic heterocycles. The van der Waals surface area contributed by atoms with Gasteiger partial charge in [-0.3, -0.25) is 4.79 Å². The molecule has 1 aromatic rings. The first-order chi connectivity index (χ1) is 7.94. The predicted molar refractivity (Wildman–Crippen MR) is 67.2 cm³/mol. The van der Waals surface area contributed by atoms with E-state index in [-0.39, 0.29) is 18.1 Å². The number of hydrogen-bond donors (Lipinski definition) is 2. The van der Waals surface area contributed by atoms with Crippen LogP contribution in [0.1, 0.15) is 25.8 Å². The Balaban J connectivity index is 2.96. The molecule has 3 nitrogen and oxygen atoms in total. The maximum absolute atomic E-state index is 13.6. The van der Waals surface area contributed by atoms with Crippen LogP contribution in [0.25, 0.3) is 0 Å². The fourth-order valence-electron chi connectivity index (χ4n) is 1.45. The van der Waals surface area contributed by atoms with E-state index in [1.807, 2.05) is 6.92 Å². The Hall–Kier alpha value is -1.42. The summed E-state index contributed by atoms with van der Waals surface area (Å²) in [6, 6.07) is 4.70. The Morgan fingerprint density at radius 1 is 1.53 bits per heavy atom. The van der Waals surface area contributed by atoms with Crippen LogP contribution < -0.4 is 11.1 Å². The van der Waals surface area contributed by atoms with E-state index in [2.05, 4.69) is 5.32 Å². The highest BCUT2D eigenvalue weighted by Crippen LogP contribution is 2.25. The highest BCUT2D eigenvalue weighted by Gasteiger charge is 2.30. The second-order valence-corrected chi connectivity index (χ2v) is 4.50. The van der Waals surface area contributed by atoms with Gasteiger partial charge in [0.2, 0.25) is 5.91 Å². The van der Waals surface area contributed by atoms with Gasteiger partial charge in [0.25, 0.3) is 0 Å². The number of carbonyl (C=O) groups is 1. The minimum atomic E-state index is -0.658. The molecule has 3 N–H and O–H groups in total. The summed E-state index contributed by atoms with van der Waals surface area (Å²) in [5, 5.41) is 2.63. The summed E-state index contributed by atoms with van der Waals surface area (Å²) in [6.45, 7) is 5.66. The fraction of sp³-hybridized carbons (Fsp3) is 0.462. The van der Waals surface area contributed by atoms with Gasteiger partial charge in [-0.05, 0) is 31.9 Å². The Bertz CT molecular complexity index is 394. The zero-order chi connectivity index (χ0) is 13.1. The number of nitrogens with two attached hydrogens (primary N) is 1. The monoisotopic (exact) mass is 238 g/mol. The lowest BCUT2D eigenvalue weighted by Gasteiger charge is -2.25. The van der Waals surface area contributed by atoms with Gasteiger partial charge in [0, 0.05) is 6.54 Å². The quantitative estimate of drug-likeness (QED) is 0.846. The van der Waals surface area contributed by atoms with E-state index in [9.17, 15) is 9.18 Å². The van der Waals surface area contributed by atoms with Crippen molar-refractivity contribution >= 4 is 11.6 Å². The molecule has 0 bridgehead atoms. The van der Waals surface area contributed by atoms with Crippen LogP contribution in [0.15, 0.2) is 18.2 Å². The summed E-state index contributed by atoms with van der Waals surface area (Å²) in [5.74, 6) is -0.662. The lowest BCUT2D eigenvalue weighted by Crippen LogP contribution is -2.39. The molecular weight excluding hydrogens is 219 g/mol. The van der Waals surface area contributed by atoms with Crippen molar-refractivity contribution in [1.29, 1.82) is 0 Å². The number of carbonyl (C=O) groups excluding carboxylic acids is 1. The Labute approximate surface area is 101 Å². The Morgan fingerprint density at radius 3 is 2.65 bits per heavy atom. The number of nitrogens with one attached hydrogen (secondary N) is 1. The van der Waals surface area contributed by atoms with Gasteiger partial charge in [0.1, 0.15) is 5.82 Å². The van der Waals surface area contributed by atoms with E-state index >= 15 is 0 Å². The number of amides is 1. The fourth-order valence-corrected chi connectivity index (χ4v) is 1.45. The number of rotatable bonds is 4. The van der Waals surface area contributed by atoms with Crippen molar-refractivity contribution in [3.05, 3.63) is 29.6 Å². The smallest absolute Gasteiger partial charge is 0.231 e. The van der Waals surface area contributed by atoms with Gasteiger partial charge in [-0.25, -0.2) is 4.39 Å². The molecule has 1 aromatic carbocycles. The molecule has 1 atom stereocenters. The predicted octanol–water partition coefficient (Wildman–Crippen LogP) is 2.45. The SMILES string of the molecule is CCC(C)(CN)C(=O)Nc1c(C)cccc1F. The van der Waals surface area contributed by atoms with Crippen molar-refractivity contribution < 1.29 is 9.18 Å². The molecular formula is C13H19FN2O. The average molecular weight is 238 g/mol. The van der Waals surface area contributed by atoms with E-state index in [1.54, 1.807) is 26.0 Å². The van der Waals surface area contributed by atoms with Gasteiger partial charge < -0.3 is 11.1 Å². The van der Waals surface area contributed by atoms with Gasteiger partial charge in [0.15, 0.2) is 0 Å². The average Bonchev–Trinajstić information content (AvgIpc) is 2.32. The zero-order valence-electron chi connectivity index (χ0n) is 10.5. The van der Waals surface area contributed by atoms with Crippen LogP contribution in [-0.4, -0.2) is 12.5 Å². The molecule has 0 radical (unpaired) electrons. The maximum Gasteiger partial charge on any atom is 0.231 e. The van der Waals surface area contributed by atoms with Crippen LogP contribution in [0, 0.1) is 18.2 Å². The largest absolute Gasteiger partial charge is 0.329 e. The van der Waals surface area contributed by atoms with Crippen molar-refractivity contribution in [2.24, 2.45) is 11.1 Å². The minimum Gasteiger partial charge on any atom is -0.329 e. The molecule has 0 heterocycles. The third-order valence-electron chi connectivity index (χ3n) is 3.24. The molecule has 1 amide bonds. The molecule has 0 aliphatic rings. The highest BCUT2D eigenvalue weighted by atomic mass is 19.1. The third-order valence-corrected chi connectivity index (χ3v) is 3.24. The normalized spacial score (nSPS) is 14.2. The first-order valence-electron chi connectivity index (χ1n) is 5.71. The number of benzene rings is 1. The zero-order valence-corrected chi connectivity index (χ0v) is 10.5. The molecule has 1 unspecified atom stereocenters. The van der Waals surface area contributed by atoms with Crippen molar-refractivity contribution in [1.82, 2.24) is 0 Å². The van der Waals surface area contributed by atoms with Crippen LogP contribution in [0.2, 0.25) is 0 Å². The maximum atomic E-state index is 13.6. The molecule has 0 fully saturated rings. The summed E-state index contributed by atoms with van der Waals surface area (Å²) in [5.41, 5.74) is 5.88. The summed E-state index contributed by atoms with van der Waals surface area (Å²) in [6.07, 6.45) is 0.614. The summed E-state index contributed by atoms with van der Waals surface area (Å²) in [4.78, 5) is 12.0. The van der Waals surface area contributed by atoms with Crippen LogP contribution in [-0.2, 0) is 4.79 Å². The van der Waals surface area contributed by atoms with E-state index < -0.39 is 11.2 Å². The first-order valence-corrected chi connectivity index (χ1v) is 5.71.